The van der Waals surface area contributed by atoms with E-state index >= 15 is 0 Å². The van der Waals surface area contributed by atoms with Crippen molar-refractivity contribution >= 4 is 28.9 Å². The molecule has 150 valence electrons. The zero-order valence-electron chi connectivity index (χ0n) is 16.8. The number of rotatable bonds is 7. The van der Waals surface area contributed by atoms with Crippen LogP contribution in [-0.2, 0) is 14.3 Å². The summed E-state index contributed by atoms with van der Waals surface area (Å²) in [5.41, 5.74) is 2.38. The fourth-order valence-corrected chi connectivity index (χ4v) is 4.03. The second-order valence-electron chi connectivity index (χ2n) is 6.83. The smallest absolute Gasteiger partial charge is 0.326 e. The highest BCUT2D eigenvalue weighted by Gasteiger charge is 2.35. The zero-order valence-corrected chi connectivity index (χ0v) is 17.6. The molecule has 0 saturated carbocycles. The van der Waals surface area contributed by atoms with Crippen molar-refractivity contribution in [3.05, 3.63) is 28.1 Å². The van der Waals surface area contributed by atoms with Gasteiger partial charge in [-0.3, -0.25) is 14.5 Å². The summed E-state index contributed by atoms with van der Waals surface area (Å²) < 4.78 is 11.1. The van der Waals surface area contributed by atoms with Gasteiger partial charge in [0, 0.05) is 10.4 Å². The van der Waals surface area contributed by atoms with Gasteiger partial charge in [-0.05, 0) is 44.9 Å². The molecule has 0 N–H and O–H groups in total. The number of nitrogens with zero attached hydrogens (tertiary/aromatic N) is 2. The van der Waals surface area contributed by atoms with Crippen LogP contribution >= 0.6 is 11.3 Å². The summed E-state index contributed by atoms with van der Waals surface area (Å²) in [6.07, 6.45) is 1.69. The molecule has 0 saturated heterocycles. The number of hydrogen-bond donors (Lipinski definition) is 0. The normalized spacial score (nSPS) is 15.9. The molecule has 2 aromatic rings. The van der Waals surface area contributed by atoms with E-state index in [0.717, 1.165) is 34.0 Å². The number of ether oxygens (including phenoxy) is 2. The van der Waals surface area contributed by atoms with E-state index in [1.54, 1.807) is 11.3 Å². The molecule has 6 nitrogen and oxygen atoms in total. The number of thiazole rings is 1. The third-order valence-electron chi connectivity index (χ3n) is 4.66. The van der Waals surface area contributed by atoms with Crippen LogP contribution in [0.1, 0.15) is 43.0 Å². The SMILES string of the molecule is CCCCOC(=O)CN1C(=O)C(CC)Oc2ccc(-c3nc(C)sc3C)cc21. The number of esters is 1. The molecule has 1 aliphatic heterocycles. The van der Waals surface area contributed by atoms with Crippen molar-refractivity contribution < 1.29 is 19.1 Å². The maximum Gasteiger partial charge on any atom is 0.326 e. The van der Waals surface area contributed by atoms with Crippen LogP contribution in [-0.4, -0.2) is 36.1 Å². The van der Waals surface area contributed by atoms with Crippen LogP contribution in [0.5, 0.6) is 5.75 Å². The van der Waals surface area contributed by atoms with Gasteiger partial charge in [0.1, 0.15) is 12.3 Å². The van der Waals surface area contributed by atoms with Gasteiger partial charge in [-0.2, -0.15) is 0 Å². The molecule has 0 bridgehead atoms. The summed E-state index contributed by atoms with van der Waals surface area (Å²) in [4.78, 5) is 32.4. The van der Waals surface area contributed by atoms with Gasteiger partial charge in [-0.1, -0.05) is 20.3 Å². The van der Waals surface area contributed by atoms with E-state index in [1.165, 1.54) is 4.90 Å². The lowest BCUT2D eigenvalue weighted by atomic mass is 10.1. The molecule has 1 aromatic carbocycles. The quantitative estimate of drug-likeness (QED) is 0.511. The van der Waals surface area contributed by atoms with Gasteiger partial charge in [-0.25, -0.2) is 4.98 Å². The Morgan fingerprint density at radius 2 is 2.11 bits per heavy atom. The summed E-state index contributed by atoms with van der Waals surface area (Å²) >= 11 is 1.63. The van der Waals surface area contributed by atoms with Crippen molar-refractivity contribution in [2.24, 2.45) is 0 Å². The highest BCUT2D eigenvalue weighted by molar-refractivity contribution is 7.11. The summed E-state index contributed by atoms with van der Waals surface area (Å²) in [5.74, 6) is -0.0254. The van der Waals surface area contributed by atoms with E-state index in [0.29, 0.717) is 24.5 Å². The van der Waals surface area contributed by atoms with Crippen LogP contribution in [0, 0.1) is 13.8 Å². The minimum absolute atomic E-state index is 0.117. The van der Waals surface area contributed by atoms with E-state index < -0.39 is 12.1 Å². The average Bonchev–Trinajstić information content (AvgIpc) is 3.01. The molecular weight excluding hydrogens is 376 g/mol. The lowest BCUT2D eigenvalue weighted by Crippen LogP contribution is -2.48. The molecule has 3 rings (SSSR count). The van der Waals surface area contributed by atoms with Crippen molar-refractivity contribution in [1.82, 2.24) is 4.98 Å². The first kappa shape index (κ1) is 20.3. The molecule has 1 aromatic heterocycles. The number of amides is 1. The predicted octanol–water partition coefficient (Wildman–Crippen LogP) is 4.27. The number of carbonyl (C=O) groups excluding carboxylic acids is 2. The molecule has 28 heavy (non-hydrogen) atoms. The molecule has 2 heterocycles. The van der Waals surface area contributed by atoms with E-state index in [1.807, 2.05) is 45.9 Å². The molecule has 0 radical (unpaired) electrons. The molecule has 1 atom stereocenters. The van der Waals surface area contributed by atoms with Crippen molar-refractivity contribution in [3.63, 3.8) is 0 Å². The van der Waals surface area contributed by atoms with E-state index in [4.69, 9.17) is 9.47 Å². The molecule has 1 amide bonds. The second kappa shape index (κ2) is 8.73. The van der Waals surface area contributed by atoms with Crippen molar-refractivity contribution in [1.29, 1.82) is 0 Å². The van der Waals surface area contributed by atoms with Gasteiger partial charge in [0.2, 0.25) is 0 Å². The van der Waals surface area contributed by atoms with E-state index in [-0.39, 0.29) is 12.5 Å². The first-order valence-corrected chi connectivity index (χ1v) is 10.5. The van der Waals surface area contributed by atoms with Crippen LogP contribution in [0.4, 0.5) is 5.69 Å². The Balaban J connectivity index is 1.93. The van der Waals surface area contributed by atoms with Crippen molar-refractivity contribution in [3.8, 4) is 17.0 Å². The minimum Gasteiger partial charge on any atom is -0.478 e. The minimum atomic E-state index is -0.593. The molecular formula is C21H26N2O4S. The second-order valence-corrected chi connectivity index (χ2v) is 8.24. The van der Waals surface area contributed by atoms with Crippen LogP contribution in [0.3, 0.4) is 0 Å². The third kappa shape index (κ3) is 4.19. The summed E-state index contributed by atoms with van der Waals surface area (Å²) in [7, 11) is 0. The molecule has 0 aliphatic carbocycles. The number of unbranched alkanes of at least 4 members (excludes halogenated alkanes) is 1. The predicted molar refractivity (Wildman–Crippen MR) is 110 cm³/mol. The van der Waals surface area contributed by atoms with Gasteiger partial charge in [0.05, 0.1) is 23.0 Å². The number of benzene rings is 1. The summed E-state index contributed by atoms with van der Waals surface area (Å²) in [6.45, 7) is 8.17. The van der Waals surface area contributed by atoms with E-state index in [2.05, 4.69) is 4.98 Å². The Hall–Kier alpha value is -2.41. The lowest BCUT2D eigenvalue weighted by molar-refractivity contribution is -0.143. The standard InChI is InChI=1S/C21H26N2O4S/c1-5-7-10-26-19(24)12-23-16-11-15(20-13(3)28-14(4)22-20)8-9-18(16)27-17(6-2)21(23)25/h8-9,11,17H,5-7,10,12H2,1-4H3. The van der Waals surface area contributed by atoms with E-state index in [9.17, 15) is 9.59 Å². The highest BCUT2D eigenvalue weighted by Crippen LogP contribution is 2.39. The van der Waals surface area contributed by atoms with Crippen LogP contribution < -0.4 is 9.64 Å². The number of anilines is 1. The number of aromatic nitrogens is 1. The average molecular weight is 403 g/mol. The molecule has 7 heteroatoms. The Kier molecular flexibility index (Phi) is 6.34. The molecule has 0 spiro atoms. The summed E-state index contributed by atoms with van der Waals surface area (Å²) in [6, 6.07) is 5.67. The van der Waals surface area contributed by atoms with Gasteiger partial charge >= 0.3 is 5.97 Å². The number of aryl methyl sites for hydroxylation is 2. The van der Waals surface area contributed by atoms with Crippen LogP contribution in [0.15, 0.2) is 18.2 Å². The van der Waals surface area contributed by atoms with Crippen LogP contribution in [0.25, 0.3) is 11.3 Å². The first-order valence-electron chi connectivity index (χ1n) is 9.66. The Morgan fingerprint density at radius 1 is 1.32 bits per heavy atom. The Morgan fingerprint density at radius 3 is 2.75 bits per heavy atom. The lowest BCUT2D eigenvalue weighted by Gasteiger charge is -2.33. The monoisotopic (exact) mass is 402 g/mol. The molecule has 1 aliphatic rings. The maximum absolute atomic E-state index is 12.9. The summed E-state index contributed by atoms with van der Waals surface area (Å²) in [5, 5.41) is 0.986. The topological polar surface area (TPSA) is 68.7 Å². The maximum atomic E-state index is 12.9. The fourth-order valence-electron chi connectivity index (χ4n) is 3.19. The van der Waals surface area contributed by atoms with Crippen molar-refractivity contribution in [2.45, 2.75) is 53.1 Å². The third-order valence-corrected chi connectivity index (χ3v) is 5.54. The Labute approximate surface area is 169 Å². The van der Waals surface area contributed by atoms with Crippen LogP contribution in [0.2, 0.25) is 0 Å². The number of hydrogen-bond acceptors (Lipinski definition) is 6. The zero-order chi connectivity index (χ0) is 20.3. The number of fused-ring (bicyclic) bond motifs is 1. The van der Waals surface area contributed by atoms with Gasteiger partial charge in [-0.15, -0.1) is 11.3 Å². The van der Waals surface area contributed by atoms with Gasteiger partial charge in [0.15, 0.2) is 6.10 Å². The van der Waals surface area contributed by atoms with Crippen molar-refractivity contribution in [2.75, 3.05) is 18.1 Å². The number of carbonyl (C=O) groups is 2. The fraction of sp³-hybridized carbons (Fsp3) is 0.476. The largest absolute Gasteiger partial charge is 0.478 e. The molecule has 1 unspecified atom stereocenters. The molecule has 0 fully saturated rings. The van der Waals surface area contributed by atoms with Gasteiger partial charge in [0.25, 0.3) is 5.91 Å². The van der Waals surface area contributed by atoms with Gasteiger partial charge < -0.3 is 9.47 Å². The Bertz CT molecular complexity index is 877. The highest BCUT2D eigenvalue weighted by atomic mass is 32.1. The first-order chi connectivity index (χ1) is 13.4.